The summed E-state index contributed by atoms with van der Waals surface area (Å²) in [5.74, 6) is 0. The highest BCUT2D eigenvalue weighted by molar-refractivity contribution is 7.98. The lowest BCUT2D eigenvalue weighted by molar-refractivity contribution is -0.142. The van der Waals surface area contributed by atoms with Gasteiger partial charge in [-0.3, -0.25) is 0 Å². The minimum Gasteiger partial charge on any atom is -0.207 e. The smallest absolute Gasteiger partial charge is 0.207 e. The zero-order chi connectivity index (χ0) is 10.1. The summed E-state index contributed by atoms with van der Waals surface area (Å²) in [6.45, 7) is 0. The summed E-state index contributed by atoms with van der Waals surface area (Å²) in [6, 6.07) is 0. The van der Waals surface area contributed by atoms with Crippen LogP contribution in [0.5, 0.6) is 0 Å². The molecule has 0 fully saturated rings. The van der Waals surface area contributed by atoms with Crippen LogP contribution in [0, 0.1) is 0 Å². The molecule has 0 saturated heterocycles. The molecule has 0 bridgehead atoms. The third-order valence-electron chi connectivity index (χ3n) is 1.08. The molecule has 3 nitrogen and oxygen atoms in total. The average molecular weight is 230 g/mol. The summed E-state index contributed by atoms with van der Waals surface area (Å²) in [4.78, 5) is 3.39. The van der Waals surface area contributed by atoms with Crippen LogP contribution in [0.4, 0.5) is 13.2 Å². The van der Waals surface area contributed by atoms with Crippen molar-refractivity contribution in [2.75, 3.05) is 6.26 Å². The predicted molar refractivity (Wildman–Crippen MR) is 41.6 cm³/mol. The van der Waals surface area contributed by atoms with Gasteiger partial charge in [0.05, 0.1) is 0 Å². The Labute approximate surface area is 80.7 Å². The summed E-state index contributed by atoms with van der Waals surface area (Å²) in [5.41, 5.74) is -1.26. The Morgan fingerprint density at radius 3 is 2.31 bits per heavy atom. The fourth-order valence-corrected chi connectivity index (χ4v) is 1.13. The second kappa shape index (κ2) is 3.67. The predicted octanol–water partition coefficient (Wildman–Crippen LogP) is 2.27. The van der Waals surface area contributed by atoms with Gasteiger partial charge in [-0.2, -0.15) is 13.2 Å². The summed E-state index contributed by atoms with van der Waals surface area (Å²) >= 11 is 6.31. The van der Waals surface area contributed by atoms with Gasteiger partial charge in [-0.15, -0.1) is 10.2 Å². The molecule has 0 radical (unpaired) electrons. The molecule has 1 rings (SSSR count). The summed E-state index contributed by atoms with van der Waals surface area (Å²) in [6.07, 6.45) is -2.99. The van der Waals surface area contributed by atoms with Crippen molar-refractivity contribution in [1.82, 2.24) is 15.2 Å². The van der Waals surface area contributed by atoms with Crippen molar-refractivity contribution < 1.29 is 13.2 Å². The van der Waals surface area contributed by atoms with Gasteiger partial charge in [0.1, 0.15) is 0 Å². The van der Waals surface area contributed by atoms with E-state index in [1.54, 1.807) is 6.26 Å². The highest BCUT2D eigenvalue weighted by Crippen LogP contribution is 2.31. The van der Waals surface area contributed by atoms with Crippen LogP contribution in [0.1, 0.15) is 5.69 Å². The number of hydrogen-bond acceptors (Lipinski definition) is 4. The van der Waals surface area contributed by atoms with Gasteiger partial charge in [-0.25, -0.2) is 4.98 Å². The number of alkyl halides is 3. The first-order valence-corrected chi connectivity index (χ1v) is 4.57. The number of halogens is 4. The summed E-state index contributed by atoms with van der Waals surface area (Å²) in [5, 5.41) is 5.59. The lowest BCUT2D eigenvalue weighted by Crippen LogP contribution is -2.11. The van der Waals surface area contributed by atoms with E-state index >= 15 is 0 Å². The molecule has 0 atom stereocenters. The molecule has 13 heavy (non-hydrogen) atoms. The monoisotopic (exact) mass is 229 g/mol. The van der Waals surface area contributed by atoms with Crippen molar-refractivity contribution in [3.8, 4) is 0 Å². The fourth-order valence-electron chi connectivity index (χ4n) is 0.553. The largest absolute Gasteiger partial charge is 0.438 e. The Morgan fingerprint density at radius 1 is 1.31 bits per heavy atom. The van der Waals surface area contributed by atoms with E-state index in [1.807, 2.05) is 0 Å². The molecule has 0 aromatic carbocycles. The van der Waals surface area contributed by atoms with Gasteiger partial charge in [0.15, 0.2) is 5.15 Å². The van der Waals surface area contributed by atoms with Gasteiger partial charge >= 0.3 is 6.18 Å². The SMILES string of the molecule is CSc1nnc(C(F)(F)F)c(Cl)n1. The zero-order valence-electron chi connectivity index (χ0n) is 6.26. The molecule has 0 N–H and O–H groups in total. The van der Waals surface area contributed by atoms with Crippen LogP contribution in [0.3, 0.4) is 0 Å². The summed E-state index contributed by atoms with van der Waals surface area (Å²) in [7, 11) is 0. The first-order valence-electron chi connectivity index (χ1n) is 2.96. The lowest BCUT2D eigenvalue weighted by Gasteiger charge is -2.05. The highest BCUT2D eigenvalue weighted by Gasteiger charge is 2.36. The second-order valence-corrected chi connectivity index (χ2v) is 3.07. The molecule has 1 aromatic rings. The first-order chi connectivity index (χ1) is 5.95. The lowest BCUT2D eigenvalue weighted by atomic mass is 10.5. The Bertz CT molecular complexity index is 316. The van der Waals surface area contributed by atoms with E-state index in [2.05, 4.69) is 15.2 Å². The van der Waals surface area contributed by atoms with E-state index in [4.69, 9.17) is 11.6 Å². The number of rotatable bonds is 1. The van der Waals surface area contributed by atoms with Crippen molar-refractivity contribution >= 4 is 23.4 Å². The highest BCUT2D eigenvalue weighted by atomic mass is 35.5. The van der Waals surface area contributed by atoms with Gasteiger partial charge in [-0.1, -0.05) is 23.4 Å². The van der Waals surface area contributed by atoms with Crippen molar-refractivity contribution in [1.29, 1.82) is 0 Å². The maximum atomic E-state index is 12.1. The quantitative estimate of drug-likeness (QED) is 0.693. The van der Waals surface area contributed by atoms with E-state index in [0.717, 1.165) is 11.8 Å². The van der Waals surface area contributed by atoms with Crippen LogP contribution < -0.4 is 0 Å². The van der Waals surface area contributed by atoms with Crippen LogP contribution in [-0.4, -0.2) is 21.4 Å². The molecule has 8 heteroatoms. The molecular formula is C5H3ClF3N3S. The topological polar surface area (TPSA) is 38.7 Å². The standard InChI is InChI=1S/C5H3ClF3N3S/c1-13-4-10-3(6)2(11-12-4)5(7,8)9/h1H3. The number of thioether (sulfide) groups is 1. The molecule has 1 heterocycles. The van der Waals surface area contributed by atoms with Crippen LogP contribution in [0.25, 0.3) is 0 Å². The fraction of sp³-hybridized carbons (Fsp3) is 0.400. The Hall–Kier alpha value is -0.560. The third kappa shape index (κ3) is 2.44. The van der Waals surface area contributed by atoms with Crippen LogP contribution in [-0.2, 0) is 6.18 Å². The Morgan fingerprint density at radius 2 is 1.92 bits per heavy atom. The maximum absolute atomic E-state index is 12.1. The van der Waals surface area contributed by atoms with Gasteiger partial charge < -0.3 is 0 Å². The molecule has 0 unspecified atom stereocenters. The van der Waals surface area contributed by atoms with Crippen LogP contribution in [0.15, 0.2) is 5.16 Å². The first kappa shape index (κ1) is 10.5. The van der Waals surface area contributed by atoms with Crippen LogP contribution >= 0.6 is 23.4 Å². The molecule has 72 valence electrons. The van der Waals surface area contributed by atoms with E-state index < -0.39 is 17.0 Å². The molecule has 0 aliphatic carbocycles. The van der Waals surface area contributed by atoms with Crippen molar-refractivity contribution in [3.05, 3.63) is 10.8 Å². The van der Waals surface area contributed by atoms with Crippen molar-refractivity contribution in [2.24, 2.45) is 0 Å². The van der Waals surface area contributed by atoms with Gasteiger partial charge in [0.2, 0.25) is 10.9 Å². The van der Waals surface area contributed by atoms with Gasteiger partial charge in [0.25, 0.3) is 0 Å². The van der Waals surface area contributed by atoms with Gasteiger partial charge in [0, 0.05) is 0 Å². The molecular weight excluding hydrogens is 227 g/mol. The molecule has 1 aromatic heterocycles. The minimum absolute atomic E-state index is 0.109. The Kier molecular flexibility index (Phi) is 2.97. The van der Waals surface area contributed by atoms with Crippen molar-refractivity contribution in [2.45, 2.75) is 11.3 Å². The zero-order valence-corrected chi connectivity index (χ0v) is 7.83. The van der Waals surface area contributed by atoms with E-state index in [0.29, 0.717) is 0 Å². The molecule has 0 aliphatic heterocycles. The Balaban J connectivity index is 3.13. The maximum Gasteiger partial charge on any atom is 0.438 e. The molecule has 0 spiro atoms. The number of nitrogens with zero attached hydrogens (tertiary/aromatic N) is 3. The third-order valence-corrected chi connectivity index (χ3v) is 1.88. The summed E-state index contributed by atoms with van der Waals surface area (Å²) < 4.78 is 36.2. The van der Waals surface area contributed by atoms with Gasteiger partial charge in [-0.05, 0) is 6.26 Å². The number of aromatic nitrogens is 3. The van der Waals surface area contributed by atoms with E-state index in [1.165, 1.54) is 0 Å². The second-order valence-electron chi connectivity index (χ2n) is 1.94. The molecule has 0 aliphatic rings. The minimum atomic E-state index is -4.60. The van der Waals surface area contributed by atoms with Crippen LogP contribution in [0.2, 0.25) is 5.15 Å². The normalized spacial score (nSPS) is 11.8. The molecule has 0 amide bonds. The van der Waals surface area contributed by atoms with E-state index in [9.17, 15) is 13.2 Å². The number of hydrogen-bond donors (Lipinski definition) is 0. The molecule has 0 saturated carbocycles. The van der Waals surface area contributed by atoms with Crippen molar-refractivity contribution in [3.63, 3.8) is 0 Å². The van der Waals surface area contributed by atoms with E-state index in [-0.39, 0.29) is 5.16 Å². The average Bonchev–Trinajstić information content (AvgIpc) is 2.01.